The van der Waals surface area contributed by atoms with Gasteiger partial charge < -0.3 is 9.66 Å². The van der Waals surface area contributed by atoms with Crippen molar-refractivity contribution in [2.24, 2.45) is 0 Å². The quantitative estimate of drug-likeness (QED) is 0.308. The van der Waals surface area contributed by atoms with Gasteiger partial charge in [-0.25, -0.2) is 17.6 Å². The molecule has 0 radical (unpaired) electrons. The van der Waals surface area contributed by atoms with Crippen LogP contribution in [-0.4, -0.2) is 33.3 Å². The van der Waals surface area contributed by atoms with Gasteiger partial charge in [-0.2, -0.15) is 0 Å². The molecule has 0 bridgehead atoms. The van der Waals surface area contributed by atoms with E-state index in [0.29, 0.717) is 6.54 Å². The van der Waals surface area contributed by atoms with Crippen molar-refractivity contribution in [1.82, 2.24) is 4.57 Å². The molecule has 1 aromatic heterocycles. The van der Waals surface area contributed by atoms with Crippen LogP contribution in [0, 0.1) is 0 Å². The molecule has 22 heavy (non-hydrogen) atoms. The molecule has 7 nitrogen and oxygen atoms in total. The van der Waals surface area contributed by atoms with Crippen LogP contribution in [0.3, 0.4) is 0 Å². The molecule has 1 rings (SSSR count). The summed E-state index contributed by atoms with van der Waals surface area (Å²) in [6.07, 6.45) is 13.9. The van der Waals surface area contributed by atoms with Crippen molar-refractivity contribution < 1.29 is 27.2 Å². The average Bonchev–Trinajstić information content (AvgIpc) is 2.78. The number of hydrogen-bond donors (Lipinski definition) is 2. The fraction of sp³-hybridized carbons (Fsp3) is 0.786. The zero-order valence-electron chi connectivity index (χ0n) is 13.4. The van der Waals surface area contributed by atoms with Gasteiger partial charge in [-0.1, -0.05) is 32.6 Å². The standard InChI is InChI=1S/C14H27N2O.H2O4S/c1-3-4-5-6-7-8-9-15-10-11-16(13-15)12-14(2)17;1-5(2,3)4/h10-11,13-14,17H,3-9,12H2,1-2H3;(H2,1,2,3,4)/q+1;/p-1/t14-;/m0./s1. The van der Waals surface area contributed by atoms with Gasteiger partial charge in [0.05, 0.1) is 12.6 Å². The Morgan fingerprint density at radius 1 is 1.23 bits per heavy atom. The molecule has 8 heteroatoms. The second-order valence-electron chi connectivity index (χ2n) is 5.39. The van der Waals surface area contributed by atoms with E-state index in [-0.39, 0.29) is 6.10 Å². The molecule has 1 aromatic rings. The highest BCUT2D eigenvalue weighted by Crippen LogP contribution is 2.05. The fourth-order valence-corrected chi connectivity index (χ4v) is 2.06. The lowest BCUT2D eigenvalue weighted by Crippen LogP contribution is -2.36. The third kappa shape index (κ3) is 15.4. The van der Waals surface area contributed by atoms with Gasteiger partial charge >= 0.3 is 0 Å². The molecular formula is C14H28N2O5S. The van der Waals surface area contributed by atoms with Crippen LogP contribution in [0.5, 0.6) is 0 Å². The maximum absolute atomic E-state index is 9.28. The third-order valence-electron chi connectivity index (χ3n) is 2.99. The maximum atomic E-state index is 9.28. The lowest BCUT2D eigenvalue weighted by atomic mass is 10.1. The van der Waals surface area contributed by atoms with E-state index in [1.165, 1.54) is 38.5 Å². The van der Waals surface area contributed by atoms with Gasteiger partial charge in [0.25, 0.3) is 0 Å². The molecule has 0 unspecified atom stereocenters. The molecule has 0 saturated carbocycles. The predicted molar refractivity (Wildman–Crippen MR) is 82.0 cm³/mol. The van der Waals surface area contributed by atoms with Gasteiger partial charge in [0, 0.05) is 0 Å². The van der Waals surface area contributed by atoms with E-state index in [4.69, 9.17) is 17.5 Å². The molecule has 0 spiro atoms. The van der Waals surface area contributed by atoms with Gasteiger partial charge in [0.2, 0.25) is 16.7 Å². The fourth-order valence-electron chi connectivity index (χ4n) is 2.06. The van der Waals surface area contributed by atoms with Crippen LogP contribution < -0.4 is 4.57 Å². The third-order valence-corrected chi connectivity index (χ3v) is 2.99. The number of aryl methyl sites for hydroxylation is 1. The van der Waals surface area contributed by atoms with Gasteiger partial charge in [-0.15, -0.1) is 0 Å². The highest BCUT2D eigenvalue weighted by Gasteiger charge is 2.05. The highest BCUT2D eigenvalue weighted by atomic mass is 32.3. The van der Waals surface area contributed by atoms with E-state index in [1.807, 2.05) is 17.7 Å². The molecule has 0 aliphatic carbocycles. The predicted octanol–water partition coefficient (Wildman–Crippen LogP) is 1.52. The van der Waals surface area contributed by atoms with E-state index < -0.39 is 10.4 Å². The van der Waals surface area contributed by atoms with Crippen LogP contribution in [0.2, 0.25) is 0 Å². The SMILES string of the molecule is CCCCCCCCn1cc[n+](C[C@H](C)O)c1.O=S(=O)([O-])O. The second-order valence-corrected chi connectivity index (χ2v) is 6.25. The van der Waals surface area contributed by atoms with Crippen molar-refractivity contribution in [2.75, 3.05) is 0 Å². The largest absolute Gasteiger partial charge is 0.726 e. The van der Waals surface area contributed by atoms with Gasteiger partial charge in [-0.05, 0) is 19.8 Å². The van der Waals surface area contributed by atoms with E-state index in [1.54, 1.807) is 0 Å². The van der Waals surface area contributed by atoms with Gasteiger partial charge in [0.15, 0.2) is 0 Å². The molecule has 0 aliphatic rings. The van der Waals surface area contributed by atoms with Crippen LogP contribution in [0.25, 0.3) is 0 Å². The lowest BCUT2D eigenvalue weighted by molar-refractivity contribution is -0.702. The molecule has 0 aliphatic heterocycles. The molecule has 0 fully saturated rings. The summed E-state index contributed by atoms with van der Waals surface area (Å²) >= 11 is 0. The molecule has 1 atom stereocenters. The maximum Gasteiger partial charge on any atom is 0.243 e. The Balaban J connectivity index is 0.000000763. The number of hydrogen-bond acceptors (Lipinski definition) is 4. The second kappa shape index (κ2) is 11.6. The minimum Gasteiger partial charge on any atom is -0.726 e. The summed E-state index contributed by atoms with van der Waals surface area (Å²) in [5.41, 5.74) is 0. The summed E-state index contributed by atoms with van der Waals surface area (Å²) < 4.78 is 37.1. The van der Waals surface area contributed by atoms with E-state index in [0.717, 1.165) is 6.54 Å². The van der Waals surface area contributed by atoms with Crippen molar-refractivity contribution in [3.8, 4) is 0 Å². The summed E-state index contributed by atoms with van der Waals surface area (Å²) in [5, 5.41) is 9.28. The topological polar surface area (TPSA) is 106 Å². The van der Waals surface area contributed by atoms with E-state index in [9.17, 15) is 5.11 Å². The smallest absolute Gasteiger partial charge is 0.243 e. The van der Waals surface area contributed by atoms with E-state index >= 15 is 0 Å². The first kappa shape index (κ1) is 21.0. The molecule has 2 N–H and O–H groups in total. The van der Waals surface area contributed by atoms with Crippen LogP contribution >= 0.6 is 0 Å². The summed E-state index contributed by atoms with van der Waals surface area (Å²) in [4.78, 5) is 0. The Hall–Kier alpha value is -0.960. The highest BCUT2D eigenvalue weighted by molar-refractivity contribution is 7.79. The summed E-state index contributed by atoms with van der Waals surface area (Å²) in [6.45, 7) is 5.85. The zero-order chi connectivity index (χ0) is 17.0. The number of unbranched alkanes of at least 4 members (excludes halogenated alkanes) is 5. The van der Waals surface area contributed by atoms with Crippen molar-refractivity contribution in [3.05, 3.63) is 18.7 Å². The number of aromatic nitrogens is 2. The van der Waals surface area contributed by atoms with Crippen molar-refractivity contribution >= 4 is 10.4 Å². The number of rotatable bonds is 9. The zero-order valence-corrected chi connectivity index (χ0v) is 14.2. The van der Waals surface area contributed by atoms with Crippen molar-refractivity contribution in [3.63, 3.8) is 0 Å². The average molecular weight is 336 g/mol. The Morgan fingerprint density at radius 2 is 1.77 bits per heavy atom. The van der Waals surface area contributed by atoms with Gasteiger partial charge in [0.1, 0.15) is 18.9 Å². The summed E-state index contributed by atoms with van der Waals surface area (Å²) in [5.74, 6) is 0. The van der Waals surface area contributed by atoms with E-state index in [2.05, 4.69) is 24.0 Å². The normalized spacial score (nSPS) is 12.6. The first-order chi connectivity index (χ1) is 10.2. The minimum absolute atomic E-state index is 0.273. The van der Waals surface area contributed by atoms with Gasteiger partial charge in [-0.3, -0.25) is 4.55 Å². The first-order valence-electron chi connectivity index (χ1n) is 7.63. The van der Waals surface area contributed by atoms with Crippen LogP contribution in [0.4, 0.5) is 0 Å². The molecule has 1 heterocycles. The molecule has 0 saturated heterocycles. The number of imidazole rings is 1. The van der Waals surface area contributed by atoms with Crippen molar-refractivity contribution in [1.29, 1.82) is 0 Å². The Morgan fingerprint density at radius 3 is 2.32 bits per heavy atom. The van der Waals surface area contributed by atoms with Crippen LogP contribution in [0.15, 0.2) is 18.7 Å². The number of aliphatic hydroxyl groups is 1. The first-order valence-corrected chi connectivity index (χ1v) is 9.00. The van der Waals surface area contributed by atoms with Crippen molar-refractivity contribution in [2.45, 2.75) is 71.6 Å². The summed E-state index contributed by atoms with van der Waals surface area (Å²) in [6, 6.07) is 0. The summed E-state index contributed by atoms with van der Waals surface area (Å²) in [7, 11) is -4.92. The molecule has 0 amide bonds. The Kier molecular flexibility index (Phi) is 11.1. The number of nitrogens with zero attached hydrogens (tertiary/aromatic N) is 2. The minimum atomic E-state index is -4.92. The molecule has 130 valence electrons. The van der Waals surface area contributed by atoms with Crippen LogP contribution in [0.1, 0.15) is 52.4 Å². The van der Waals surface area contributed by atoms with Crippen LogP contribution in [-0.2, 0) is 23.5 Å². The Bertz CT molecular complexity index is 477. The Labute approximate surface area is 133 Å². The molecular weight excluding hydrogens is 308 g/mol. The number of aliphatic hydroxyl groups excluding tert-OH is 1. The monoisotopic (exact) mass is 336 g/mol. The molecule has 0 aromatic carbocycles. The lowest BCUT2D eigenvalue weighted by Gasteiger charge is -1.99.